The summed E-state index contributed by atoms with van der Waals surface area (Å²) in [4.78, 5) is 72.7. The molecule has 0 saturated carbocycles. The van der Waals surface area contributed by atoms with Crippen LogP contribution in [0.15, 0.2) is 48.5 Å². The van der Waals surface area contributed by atoms with Crippen LogP contribution in [0.2, 0.25) is 0 Å². The molecule has 0 aliphatic carbocycles. The van der Waals surface area contributed by atoms with Crippen LogP contribution in [0, 0.1) is 0 Å². The van der Waals surface area contributed by atoms with E-state index in [2.05, 4.69) is 10.6 Å². The van der Waals surface area contributed by atoms with E-state index in [1.165, 1.54) is 48.5 Å². The molecule has 0 aromatic heterocycles. The number of ether oxygens (including phenoxy) is 3. The van der Waals surface area contributed by atoms with Crippen molar-refractivity contribution < 1.29 is 73.6 Å². The number of rotatable bonds is 16. The summed E-state index contributed by atoms with van der Waals surface area (Å²) in [5.74, 6) is -5.32. The number of nitrogens with one attached hydrogen (secondary N) is 2. The van der Waals surface area contributed by atoms with E-state index >= 15 is 0 Å². The lowest BCUT2D eigenvalue weighted by molar-refractivity contribution is -0.271. The van der Waals surface area contributed by atoms with Gasteiger partial charge in [0.25, 0.3) is 0 Å². The molecule has 2 fully saturated rings. The Labute approximate surface area is 276 Å². The first-order chi connectivity index (χ1) is 23.2. The number of hydrogen-bond donors (Lipinski definition) is 9. The van der Waals surface area contributed by atoms with Gasteiger partial charge in [-0.2, -0.15) is 0 Å². The van der Waals surface area contributed by atoms with Crippen molar-refractivity contribution in [1.29, 1.82) is 0 Å². The largest absolute Gasteiger partial charge is 0.494 e. The number of carboxylic acid groups (broad SMARTS) is 3. The summed E-state index contributed by atoms with van der Waals surface area (Å²) >= 11 is 0. The van der Waals surface area contributed by atoms with E-state index in [0.29, 0.717) is 17.7 Å². The standard InChI is InChI=1S/C30H34N4O15/c31-17(27(41)42)9-10-47-15-5-1-13(2-6-15)19(32-12-35)25(39)33-18-11-34(26(18)40)20(28(43)44)14-3-7-16(8-4-14)48-30-23(38)21(36)22(37)24(49-30)29(45)46/h1-8,12,17-24,30,36-38H,9-11,31H2,(H,32,35)(H,33,39)(H,41,42)(H,43,44)(H,45,46). The van der Waals surface area contributed by atoms with Crippen molar-refractivity contribution in [3.8, 4) is 11.5 Å². The third-order valence-electron chi connectivity index (χ3n) is 7.81. The van der Waals surface area contributed by atoms with Gasteiger partial charge in [-0.25, -0.2) is 9.59 Å². The molecule has 0 radical (unpaired) electrons. The van der Waals surface area contributed by atoms with Gasteiger partial charge in [-0.3, -0.25) is 19.2 Å². The van der Waals surface area contributed by atoms with Crippen LogP contribution < -0.4 is 25.8 Å². The number of nitrogens with two attached hydrogens (primary N) is 1. The van der Waals surface area contributed by atoms with E-state index in [-0.39, 0.29) is 30.9 Å². The van der Waals surface area contributed by atoms with E-state index in [1.54, 1.807) is 0 Å². The van der Waals surface area contributed by atoms with Gasteiger partial charge in [-0.1, -0.05) is 24.3 Å². The van der Waals surface area contributed by atoms with Crippen LogP contribution in [0.1, 0.15) is 29.6 Å². The molecule has 2 aliphatic rings. The molecule has 4 rings (SSSR count). The van der Waals surface area contributed by atoms with E-state index < -0.39 is 84.6 Å². The molecule has 9 atom stereocenters. The maximum Gasteiger partial charge on any atom is 0.335 e. The molecule has 2 aromatic rings. The average molecular weight is 691 g/mol. The lowest BCUT2D eigenvalue weighted by Crippen LogP contribution is -2.66. The van der Waals surface area contributed by atoms with Crippen molar-refractivity contribution >= 4 is 36.1 Å². The third kappa shape index (κ3) is 8.39. The molecule has 0 spiro atoms. The van der Waals surface area contributed by atoms with Crippen LogP contribution in [-0.4, -0.2) is 128 Å². The lowest BCUT2D eigenvalue weighted by Gasteiger charge is -2.42. The minimum atomic E-state index is -1.92. The fourth-order valence-electron chi connectivity index (χ4n) is 5.09. The molecule has 9 unspecified atom stereocenters. The second kappa shape index (κ2) is 15.7. The molecular formula is C30H34N4O15. The highest BCUT2D eigenvalue weighted by molar-refractivity contribution is 5.97. The zero-order chi connectivity index (χ0) is 36.0. The Morgan fingerprint density at radius 3 is 2.08 bits per heavy atom. The average Bonchev–Trinajstić information content (AvgIpc) is 3.07. The van der Waals surface area contributed by atoms with Gasteiger partial charge in [-0.05, 0) is 35.4 Å². The number of aliphatic hydroxyl groups is 3. The number of likely N-dealkylation sites (tertiary alicyclic amines) is 1. The fourth-order valence-corrected chi connectivity index (χ4v) is 5.09. The highest BCUT2D eigenvalue weighted by Gasteiger charge is 2.48. The molecule has 2 aromatic carbocycles. The third-order valence-corrected chi connectivity index (χ3v) is 7.81. The van der Waals surface area contributed by atoms with Crippen molar-refractivity contribution in [2.45, 2.75) is 61.3 Å². The van der Waals surface area contributed by atoms with E-state index in [4.69, 9.17) is 25.1 Å². The number of aliphatic carboxylic acids is 3. The number of aliphatic hydroxyl groups excluding tert-OH is 3. The van der Waals surface area contributed by atoms with Gasteiger partial charge in [0.05, 0.1) is 13.2 Å². The Bertz CT molecular complexity index is 1540. The van der Waals surface area contributed by atoms with Gasteiger partial charge < -0.3 is 66.1 Å². The Morgan fingerprint density at radius 2 is 1.53 bits per heavy atom. The number of carbonyl (C=O) groups is 6. The zero-order valence-electron chi connectivity index (χ0n) is 25.4. The summed E-state index contributed by atoms with van der Waals surface area (Å²) in [6.45, 7) is -0.179. The number of nitrogens with zero attached hydrogens (tertiary/aromatic N) is 1. The minimum Gasteiger partial charge on any atom is -0.494 e. The van der Waals surface area contributed by atoms with E-state index in [1.807, 2.05) is 0 Å². The topological polar surface area (TPSA) is 305 Å². The molecule has 264 valence electrons. The molecule has 3 amide bonds. The molecule has 2 aliphatic heterocycles. The van der Waals surface area contributed by atoms with Crippen LogP contribution in [0.5, 0.6) is 11.5 Å². The number of hydrogen-bond acceptors (Lipinski definition) is 13. The van der Waals surface area contributed by atoms with Gasteiger partial charge in [0, 0.05) is 6.42 Å². The first kappa shape index (κ1) is 36.5. The highest BCUT2D eigenvalue weighted by atomic mass is 16.7. The van der Waals surface area contributed by atoms with Crippen LogP contribution in [0.4, 0.5) is 0 Å². The predicted molar refractivity (Wildman–Crippen MR) is 160 cm³/mol. The van der Waals surface area contributed by atoms with Gasteiger partial charge in [0.15, 0.2) is 12.1 Å². The van der Waals surface area contributed by atoms with Crippen LogP contribution >= 0.6 is 0 Å². The molecule has 49 heavy (non-hydrogen) atoms. The predicted octanol–water partition coefficient (Wildman–Crippen LogP) is -2.92. The number of β-lactam (4-membered cyclic amide) rings is 1. The lowest BCUT2D eigenvalue weighted by atomic mass is 9.97. The van der Waals surface area contributed by atoms with Gasteiger partial charge in [0.2, 0.25) is 24.5 Å². The number of benzene rings is 2. The monoisotopic (exact) mass is 690 g/mol. The molecule has 19 nitrogen and oxygen atoms in total. The zero-order valence-corrected chi connectivity index (χ0v) is 25.4. The minimum absolute atomic E-state index is 0.0180. The molecule has 2 saturated heterocycles. The summed E-state index contributed by atoms with van der Waals surface area (Å²) in [6, 6.07) is 6.13. The SMILES string of the molecule is NC(CCOc1ccc(C(NC=O)C(=O)NC2CN(C(C(=O)O)c3ccc(OC4OC(C(=O)O)C(O)C(O)C4O)cc3)C2=O)cc1)C(=O)O. The normalized spacial score (nSPS) is 25.1. The number of amides is 3. The summed E-state index contributed by atoms with van der Waals surface area (Å²) < 4.78 is 15.9. The van der Waals surface area contributed by atoms with E-state index in [9.17, 15) is 54.3 Å². The number of carboxylic acids is 3. The molecule has 19 heteroatoms. The first-order valence-electron chi connectivity index (χ1n) is 14.7. The van der Waals surface area contributed by atoms with Crippen molar-refractivity contribution in [3.05, 3.63) is 59.7 Å². The summed E-state index contributed by atoms with van der Waals surface area (Å²) in [6.07, 6.45) is -8.87. The molecule has 10 N–H and O–H groups in total. The molecular weight excluding hydrogens is 656 g/mol. The Hall–Kier alpha value is -5.34. The Balaban J connectivity index is 1.36. The second-order valence-corrected chi connectivity index (χ2v) is 11.1. The fraction of sp³-hybridized carbons (Fsp3) is 0.400. The Morgan fingerprint density at radius 1 is 0.918 bits per heavy atom. The molecule has 0 bridgehead atoms. The van der Waals surface area contributed by atoms with Crippen molar-refractivity contribution in [1.82, 2.24) is 15.5 Å². The van der Waals surface area contributed by atoms with Crippen molar-refractivity contribution in [2.24, 2.45) is 5.73 Å². The quantitative estimate of drug-likeness (QED) is 0.0629. The van der Waals surface area contributed by atoms with Crippen LogP contribution in [0.25, 0.3) is 0 Å². The maximum absolute atomic E-state index is 13.1. The van der Waals surface area contributed by atoms with Crippen molar-refractivity contribution in [2.75, 3.05) is 13.2 Å². The smallest absolute Gasteiger partial charge is 0.335 e. The first-order valence-corrected chi connectivity index (χ1v) is 14.7. The van der Waals surface area contributed by atoms with Gasteiger partial charge >= 0.3 is 17.9 Å². The van der Waals surface area contributed by atoms with Crippen LogP contribution in [0.3, 0.4) is 0 Å². The van der Waals surface area contributed by atoms with Crippen molar-refractivity contribution in [3.63, 3.8) is 0 Å². The number of carbonyl (C=O) groups excluding carboxylic acids is 3. The highest BCUT2D eigenvalue weighted by Crippen LogP contribution is 2.31. The molecule has 2 heterocycles. The van der Waals surface area contributed by atoms with Gasteiger partial charge in [-0.15, -0.1) is 0 Å². The Kier molecular flexibility index (Phi) is 11.7. The van der Waals surface area contributed by atoms with Crippen LogP contribution in [-0.2, 0) is 33.5 Å². The summed E-state index contributed by atoms with van der Waals surface area (Å²) in [5.41, 5.74) is 5.88. The summed E-state index contributed by atoms with van der Waals surface area (Å²) in [7, 11) is 0. The van der Waals surface area contributed by atoms with E-state index in [0.717, 1.165) is 4.90 Å². The maximum atomic E-state index is 13.1. The summed E-state index contributed by atoms with van der Waals surface area (Å²) in [5, 5.41) is 62.8. The second-order valence-electron chi connectivity index (χ2n) is 11.1. The van der Waals surface area contributed by atoms with Gasteiger partial charge in [0.1, 0.15) is 47.9 Å².